The summed E-state index contributed by atoms with van der Waals surface area (Å²) in [5.41, 5.74) is 2.18. The molecule has 0 spiro atoms. The maximum absolute atomic E-state index is 12.4. The van der Waals surface area contributed by atoms with Crippen LogP contribution in [0.4, 0.5) is 5.69 Å². The fourth-order valence-corrected chi connectivity index (χ4v) is 3.33. The number of aryl methyl sites for hydroxylation is 1. The van der Waals surface area contributed by atoms with Crippen LogP contribution >= 0.6 is 15.9 Å². The van der Waals surface area contributed by atoms with E-state index in [1.165, 1.54) is 6.42 Å². The standard InChI is InChI=1S/C16H23BrN2O/c1-3-14-6-4-5-9-19(14)16(20)11-18-15-8-7-13(17)10-12(15)2/h7-8,10,14,18H,3-6,9,11H2,1-2H3. The van der Waals surface area contributed by atoms with E-state index in [-0.39, 0.29) is 5.91 Å². The number of benzene rings is 1. The molecule has 2 rings (SSSR count). The first-order valence-corrected chi connectivity index (χ1v) is 8.20. The van der Waals surface area contributed by atoms with Crippen molar-refractivity contribution >= 4 is 27.5 Å². The van der Waals surface area contributed by atoms with Crippen LogP contribution in [0.1, 0.15) is 38.2 Å². The van der Waals surface area contributed by atoms with Crippen molar-refractivity contribution in [3.05, 3.63) is 28.2 Å². The molecule has 1 aromatic carbocycles. The van der Waals surface area contributed by atoms with Gasteiger partial charge in [0.2, 0.25) is 5.91 Å². The Labute approximate surface area is 129 Å². The first-order valence-electron chi connectivity index (χ1n) is 7.41. The third kappa shape index (κ3) is 3.75. The lowest BCUT2D eigenvalue weighted by Gasteiger charge is -2.35. The summed E-state index contributed by atoms with van der Waals surface area (Å²) in [7, 11) is 0. The molecule has 0 radical (unpaired) electrons. The average Bonchev–Trinajstić information content (AvgIpc) is 2.46. The molecule has 1 saturated heterocycles. The number of nitrogens with one attached hydrogen (secondary N) is 1. The third-order valence-electron chi connectivity index (χ3n) is 4.04. The van der Waals surface area contributed by atoms with Gasteiger partial charge < -0.3 is 10.2 Å². The largest absolute Gasteiger partial charge is 0.376 e. The van der Waals surface area contributed by atoms with E-state index < -0.39 is 0 Å². The summed E-state index contributed by atoms with van der Waals surface area (Å²) in [4.78, 5) is 14.4. The van der Waals surface area contributed by atoms with Gasteiger partial charge in [-0.15, -0.1) is 0 Å². The van der Waals surface area contributed by atoms with Crippen molar-refractivity contribution in [3.63, 3.8) is 0 Å². The number of amides is 1. The monoisotopic (exact) mass is 338 g/mol. The van der Waals surface area contributed by atoms with E-state index in [2.05, 4.69) is 39.1 Å². The number of halogens is 1. The van der Waals surface area contributed by atoms with Crippen LogP contribution in [-0.4, -0.2) is 29.9 Å². The highest BCUT2D eigenvalue weighted by Gasteiger charge is 2.24. The molecule has 0 bridgehead atoms. The van der Waals surface area contributed by atoms with Crippen LogP contribution in [0, 0.1) is 6.92 Å². The number of carbonyl (C=O) groups excluding carboxylic acids is 1. The molecule has 1 aliphatic heterocycles. The molecule has 1 N–H and O–H groups in total. The van der Waals surface area contributed by atoms with Gasteiger partial charge in [0.15, 0.2) is 0 Å². The van der Waals surface area contributed by atoms with Crippen LogP contribution < -0.4 is 5.32 Å². The highest BCUT2D eigenvalue weighted by molar-refractivity contribution is 9.10. The minimum atomic E-state index is 0.221. The number of hydrogen-bond acceptors (Lipinski definition) is 2. The van der Waals surface area contributed by atoms with E-state index in [1.807, 2.05) is 19.1 Å². The number of anilines is 1. The minimum Gasteiger partial charge on any atom is -0.376 e. The molecule has 4 heteroatoms. The van der Waals surface area contributed by atoms with Crippen molar-refractivity contribution in [2.24, 2.45) is 0 Å². The molecule has 1 unspecified atom stereocenters. The molecule has 1 atom stereocenters. The zero-order valence-corrected chi connectivity index (χ0v) is 13.9. The van der Waals surface area contributed by atoms with E-state index in [9.17, 15) is 4.79 Å². The second-order valence-corrected chi connectivity index (χ2v) is 6.37. The number of piperidine rings is 1. The summed E-state index contributed by atoms with van der Waals surface area (Å²) in [6.07, 6.45) is 4.60. The Kier molecular flexibility index (Phi) is 5.46. The van der Waals surface area contributed by atoms with E-state index in [1.54, 1.807) is 0 Å². The number of likely N-dealkylation sites (tertiary alicyclic amines) is 1. The van der Waals surface area contributed by atoms with Crippen molar-refractivity contribution < 1.29 is 4.79 Å². The van der Waals surface area contributed by atoms with Crippen LogP contribution in [-0.2, 0) is 4.79 Å². The summed E-state index contributed by atoms with van der Waals surface area (Å²) < 4.78 is 1.06. The summed E-state index contributed by atoms with van der Waals surface area (Å²) in [5, 5.41) is 3.27. The van der Waals surface area contributed by atoms with E-state index >= 15 is 0 Å². The topological polar surface area (TPSA) is 32.3 Å². The molecular weight excluding hydrogens is 316 g/mol. The van der Waals surface area contributed by atoms with Crippen LogP contribution in [0.15, 0.2) is 22.7 Å². The summed E-state index contributed by atoms with van der Waals surface area (Å²) in [6.45, 7) is 5.52. The van der Waals surface area contributed by atoms with Gasteiger partial charge >= 0.3 is 0 Å². The Morgan fingerprint density at radius 2 is 2.25 bits per heavy atom. The van der Waals surface area contributed by atoms with Crippen LogP contribution in [0.3, 0.4) is 0 Å². The molecule has 0 saturated carbocycles. The van der Waals surface area contributed by atoms with E-state index in [4.69, 9.17) is 0 Å². The lowest BCUT2D eigenvalue weighted by molar-refractivity contribution is -0.133. The molecule has 0 aliphatic carbocycles. The van der Waals surface area contributed by atoms with Gasteiger partial charge in [0.05, 0.1) is 6.54 Å². The Balaban J connectivity index is 1.94. The fraction of sp³-hybridized carbons (Fsp3) is 0.562. The molecule has 1 amide bonds. The Bertz CT molecular complexity index is 476. The van der Waals surface area contributed by atoms with Crippen molar-refractivity contribution in [1.82, 2.24) is 4.90 Å². The summed E-state index contributed by atoms with van der Waals surface area (Å²) in [6, 6.07) is 6.50. The Morgan fingerprint density at radius 1 is 1.45 bits per heavy atom. The smallest absolute Gasteiger partial charge is 0.242 e. The van der Waals surface area contributed by atoms with Crippen molar-refractivity contribution in [2.45, 2.75) is 45.6 Å². The highest BCUT2D eigenvalue weighted by Crippen LogP contribution is 2.21. The quantitative estimate of drug-likeness (QED) is 0.901. The molecule has 20 heavy (non-hydrogen) atoms. The van der Waals surface area contributed by atoms with Gasteiger partial charge in [-0.3, -0.25) is 4.79 Å². The molecule has 1 aliphatic rings. The molecule has 1 fully saturated rings. The minimum absolute atomic E-state index is 0.221. The maximum Gasteiger partial charge on any atom is 0.242 e. The predicted molar refractivity (Wildman–Crippen MR) is 87.0 cm³/mol. The summed E-state index contributed by atoms with van der Waals surface area (Å²) >= 11 is 3.45. The second-order valence-electron chi connectivity index (χ2n) is 5.46. The Morgan fingerprint density at radius 3 is 2.95 bits per heavy atom. The molecular formula is C16H23BrN2O. The first-order chi connectivity index (χ1) is 9.61. The van der Waals surface area contributed by atoms with Gasteiger partial charge in [0, 0.05) is 22.7 Å². The number of hydrogen-bond donors (Lipinski definition) is 1. The van der Waals surface area contributed by atoms with Crippen molar-refractivity contribution in [1.29, 1.82) is 0 Å². The first kappa shape index (κ1) is 15.4. The number of rotatable bonds is 4. The molecule has 110 valence electrons. The normalized spacial score (nSPS) is 18.9. The van der Waals surface area contributed by atoms with Gasteiger partial charge in [-0.1, -0.05) is 22.9 Å². The van der Waals surface area contributed by atoms with Crippen LogP contribution in [0.25, 0.3) is 0 Å². The van der Waals surface area contributed by atoms with Crippen molar-refractivity contribution in [2.75, 3.05) is 18.4 Å². The zero-order chi connectivity index (χ0) is 14.5. The van der Waals surface area contributed by atoms with Crippen molar-refractivity contribution in [3.8, 4) is 0 Å². The number of nitrogens with zero attached hydrogens (tertiary/aromatic N) is 1. The molecule has 0 aromatic heterocycles. The van der Waals surface area contributed by atoms with Crippen LogP contribution in [0.2, 0.25) is 0 Å². The van der Waals surface area contributed by atoms with E-state index in [0.717, 1.165) is 41.5 Å². The lowest BCUT2D eigenvalue weighted by Crippen LogP contribution is -2.45. The van der Waals surface area contributed by atoms with Crippen LogP contribution in [0.5, 0.6) is 0 Å². The van der Waals surface area contributed by atoms with Gasteiger partial charge in [0.1, 0.15) is 0 Å². The molecule has 3 nitrogen and oxygen atoms in total. The highest BCUT2D eigenvalue weighted by atomic mass is 79.9. The third-order valence-corrected chi connectivity index (χ3v) is 4.53. The average molecular weight is 339 g/mol. The predicted octanol–water partition coefficient (Wildman–Crippen LogP) is 3.96. The van der Waals surface area contributed by atoms with Gasteiger partial charge in [-0.05, 0) is 56.4 Å². The lowest BCUT2D eigenvalue weighted by atomic mass is 10.00. The van der Waals surface area contributed by atoms with Gasteiger partial charge in [-0.25, -0.2) is 0 Å². The molecule has 1 heterocycles. The molecule has 1 aromatic rings. The zero-order valence-electron chi connectivity index (χ0n) is 12.3. The fourth-order valence-electron chi connectivity index (χ4n) is 2.85. The van der Waals surface area contributed by atoms with Gasteiger partial charge in [-0.2, -0.15) is 0 Å². The van der Waals surface area contributed by atoms with Gasteiger partial charge in [0.25, 0.3) is 0 Å². The number of carbonyl (C=O) groups is 1. The van der Waals surface area contributed by atoms with E-state index in [0.29, 0.717) is 12.6 Å². The summed E-state index contributed by atoms with van der Waals surface area (Å²) in [5.74, 6) is 0.221. The SMILES string of the molecule is CCC1CCCCN1C(=O)CNc1ccc(Br)cc1C. The Hall–Kier alpha value is -1.03. The maximum atomic E-state index is 12.4. The second kappa shape index (κ2) is 7.11.